The van der Waals surface area contributed by atoms with Gasteiger partial charge < -0.3 is 19.5 Å². The van der Waals surface area contributed by atoms with Crippen LogP contribution in [0.3, 0.4) is 0 Å². The first-order valence-corrected chi connectivity index (χ1v) is 13.2. The van der Waals surface area contributed by atoms with Gasteiger partial charge in [-0.25, -0.2) is 0 Å². The lowest BCUT2D eigenvalue weighted by Crippen LogP contribution is -2.40. The molecular weight excluding hydrogens is 492 g/mol. The summed E-state index contributed by atoms with van der Waals surface area (Å²) in [4.78, 5) is 45.6. The largest absolute Gasteiger partial charge is 0.469 e. The molecule has 0 saturated carbocycles. The smallest absolute Gasteiger partial charge is 0.307 e. The first-order valence-electron chi connectivity index (χ1n) is 13.2. The lowest BCUT2D eigenvalue weighted by atomic mass is 9.94. The number of amides is 1. The third-order valence-corrected chi connectivity index (χ3v) is 6.69. The number of carbonyl (C=O) groups is 2. The number of nitrogens with zero attached hydrogens (tertiary/aromatic N) is 3. The van der Waals surface area contributed by atoms with Crippen molar-refractivity contribution in [1.29, 1.82) is 0 Å². The lowest BCUT2D eigenvalue weighted by Gasteiger charge is -2.25. The Kier molecular flexibility index (Phi) is 10.2. The van der Waals surface area contributed by atoms with Crippen molar-refractivity contribution < 1.29 is 14.3 Å². The number of ether oxygens (including phenoxy) is 1. The van der Waals surface area contributed by atoms with Crippen molar-refractivity contribution in [3.8, 4) is 11.1 Å². The minimum Gasteiger partial charge on any atom is -0.469 e. The molecule has 208 valence electrons. The molecule has 1 N–H and O–H groups in total. The molecule has 1 aromatic carbocycles. The van der Waals surface area contributed by atoms with Gasteiger partial charge in [0.2, 0.25) is 5.91 Å². The maximum atomic E-state index is 13.8. The van der Waals surface area contributed by atoms with Crippen molar-refractivity contribution in [2.24, 2.45) is 5.92 Å². The Balaban J connectivity index is 1.98. The SMILES string of the molecule is COC(=O)C[C@H](NC(=O)[C@H](CC(C)C)n1ccc(CN(C)C)cc1=O)c1cncc(-c2c(C)cccc2C)c1. The van der Waals surface area contributed by atoms with Crippen LogP contribution in [0.4, 0.5) is 0 Å². The molecule has 0 fully saturated rings. The van der Waals surface area contributed by atoms with E-state index in [1.54, 1.807) is 24.7 Å². The van der Waals surface area contributed by atoms with E-state index in [9.17, 15) is 14.4 Å². The highest BCUT2D eigenvalue weighted by Gasteiger charge is 2.27. The maximum Gasteiger partial charge on any atom is 0.307 e. The highest BCUT2D eigenvalue weighted by molar-refractivity contribution is 5.82. The van der Waals surface area contributed by atoms with Gasteiger partial charge in [0.05, 0.1) is 19.6 Å². The van der Waals surface area contributed by atoms with E-state index >= 15 is 0 Å². The molecule has 3 aromatic rings. The number of hydrogen-bond acceptors (Lipinski definition) is 6. The van der Waals surface area contributed by atoms with Gasteiger partial charge in [-0.1, -0.05) is 32.0 Å². The molecule has 0 unspecified atom stereocenters. The summed E-state index contributed by atoms with van der Waals surface area (Å²) in [5, 5.41) is 3.04. The monoisotopic (exact) mass is 532 g/mol. The molecule has 0 radical (unpaired) electrons. The molecule has 0 aliphatic heterocycles. The van der Waals surface area contributed by atoms with E-state index in [0.717, 1.165) is 27.8 Å². The number of pyridine rings is 2. The van der Waals surface area contributed by atoms with E-state index in [0.29, 0.717) is 18.5 Å². The minimum atomic E-state index is -0.735. The fourth-order valence-electron chi connectivity index (χ4n) is 4.87. The quantitative estimate of drug-likeness (QED) is 0.363. The number of carbonyl (C=O) groups excluding carboxylic acids is 2. The summed E-state index contributed by atoms with van der Waals surface area (Å²) in [7, 11) is 5.20. The highest BCUT2D eigenvalue weighted by Crippen LogP contribution is 2.30. The van der Waals surface area contributed by atoms with Crippen molar-refractivity contribution in [3.05, 3.63) is 87.6 Å². The number of rotatable bonds is 11. The summed E-state index contributed by atoms with van der Waals surface area (Å²) in [5.74, 6) is -0.636. The molecule has 0 bridgehead atoms. The Morgan fingerprint density at radius 2 is 1.77 bits per heavy atom. The second-order valence-electron chi connectivity index (χ2n) is 10.8. The van der Waals surface area contributed by atoms with Gasteiger partial charge in [-0.05, 0) is 80.2 Å². The number of nitrogens with one attached hydrogen (secondary N) is 1. The second kappa shape index (κ2) is 13.3. The lowest BCUT2D eigenvalue weighted by molar-refractivity contribution is -0.141. The average Bonchev–Trinajstić information content (AvgIpc) is 2.86. The van der Waals surface area contributed by atoms with Gasteiger partial charge >= 0.3 is 5.97 Å². The zero-order valence-corrected chi connectivity index (χ0v) is 24.0. The van der Waals surface area contributed by atoms with Crippen LogP contribution in [0.5, 0.6) is 0 Å². The van der Waals surface area contributed by atoms with Crippen molar-refractivity contribution in [1.82, 2.24) is 19.8 Å². The van der Waals surface area contributed by atoms with Crippen LogP contribution < -0.4 is 10.9 Å². The Morgan fingerprint density at radius 3 is 2.36 bits per heavy atom. The molecule has 0 aliphatic rings. The van der Waals surface area contributed by atoms with Crippen LogP contribution in [-0.4, -0.2) is 47.5 Å². The standard InChI is InChI=1S/C31H40N4O4/c1-20(2)13-27(35-12-11-23(14-28(35)36)19-34(5)6)31(38)33-26(16-29(37)39-7)24-15-25(18-32-17-24)30-21(3)9-8-10-22(30)4/h8-12,14-15,17-18,20,26-27H,13,16,19H2,1-7H3,(H,33,38)/t26-,27-/m0/s1. The molecule has 2 aromatic heterocycles. The average molecular weight is 533 g/mol. The Hall–Kier alpha value is -3.78. The third kappa shape index (κ3) is 7.86. The normalized spacial score (nSPS) is 12.8. The molecule has 8 heteroatoms. The van der Waals surface area contributed by atoms with E-state index in [1.807, 2.05) is 77.0 Å². The minimum absolute atomic E-state index is 0.0643. The van der Waals surface area contributed by atoms with E-state index in [4.69, 9.17) is 4.74 Å². The molecule has 8 nitrogen and oxygen atoms in total. The third-order valence-electron chi connectivity index (χ3n) is 6.69. The summed E-state index contributed by atoms with van der Waals surface area (Å²) >= 11 is 0. The molecule has 0 spiro atoms. The van der Waals surface area contributed by atoms with Gasteiger partial charge in [0.15, 0.2) is 0 Å². The number of aromatic nitrogens is 2. The maximum absolute atomic E-state index is 13.8. The zero-order valence-electron chi connectivity index (χ0n) is 24.0. The van der Waals surface area contributed by atoms with Gasteiger partial charge in [-0.15, -0.1) is 0 Å². The van der Waals surface area contributed by atoms with Crippen LogP contribution in [-0.2, 0) is 20.9 Å². The molecule has 1 amide bonds. The van der Waals surface area contributed by atoms with Crippen LogP contribution in [0.1, 0.15) is 61.0 Å². The topological polar surface area (TPSA) is 93.5 Å². The molecule has 3 rings (SSSR count). The second-order valence-corrected chi connectivity index (χ2v) is 10.8. The fraction of sp³-hybridized carbons (Fsp3) is 0.419. The molecule has 0 saturated heterocycles. The zero-order chi connectivity index (χ0) is 28.7. The molecule has 2 heterocycles. The van der Waals surface area contributed by atoms with Crippen LogP contribution in [0.25, 0.3) is 11.1 Å². The molecular formula is C31H40N4O4. The van der Waals surface area contributed by atoms with Crippen LogP contribution in [0.2, 0.25) is 0 Å². The van der Waals surface area contributed by atoms with E-state index in [-0.39, 0.29) is 23.8 Å². The van der Waals surface area contributed by atoms with E-state index < -0.39 is 18.1 Å². The van der Waals surface area contributed by atoms with Crippen molar-refractivity contribution in [2.45, 2.75) is 59.2 Å². The van der Waals surface area contributed by atoms with Crippen molar-refractivity contribution in [3.63, 3.8) is 0 Å². The Morgan fingerprint density at radius 1 is 1.08 bits per heavy atom. The predicted molar refractivity (Wildman–Crippen MR) is 153 cm³/mol. The number of hydrogen-bond donors (Lipinski definition) is 1. The number of esters is 1. The summed E-state index contributed by atoms with van der Waals surface area (Å²) in [6.07, 6.45) is 5.53. The van der Waals surface area contributed by atoms with Gasteiger partial charge in [-0.2, -0.15) is 0 Å². The fourth-order valence-corrected chi connectivity index (χ4v) is 4.87. The van der Waals surface area contributed by atoms with Gasteiger partial charge in [0, 0.05) is 36.8 Å². The number of benzene rings is 1. The van der Waals surface area contributed by atoms with Gasteiger partial charge in [-0.3, -0.25) is 19.4 Å². The van der Waals surface area contributed by atoms with Crippen LogP contribution >= 0.6 is 0 Å². The summed E-state index contributed by atoms with van der Waals surface area (Å²) in [5.41, 5.74) is 5.51. The van der Waals surface area contributed by atoms with Crippen molar-refractivity contribution >= 4 is 11.9 Å². The summed E-state index contributed by atoms with van der Waals surface area (Å²) in [6, 6.07) is 10.1. The Labute approximate surface area is 231 Å². The van der Waals surface area contributed by atoms with Gasteiger partial charge in [0.1, 0.15) is 6.04 Å². The van der Waals surface area contributed by atoms with Crippen LogP contribution in [0, 0.1) is 19.8 Å². The first kappa shape index (κ1) is 29.8. The van der Waals surface area contributed by atoms with E-state index in [2.05, 4.69) is 10.3 Å². The number of methoxy groups -OCH3 is 1. The van der Waals surface area contributed by atoms with Crippen LogP contribution in [0.15, 0.2) is 59.8 Å². The Bertz CT molecular complexity index is 1340. The first-order chi connectivity index (χ1) is 18.5. The molecule has 2 atom stereocenters. The highest BCUT2D eigenvalue weighted by atomic mass is 16.5. The molecule has 39 heavy (non-hydrogen) atoms. The predicted octanol–water partition coefficient (Wildman–Crippen LogP) is 4.60. The summed E-state index contributed by atoms with van der Waals surface area (Å²) < 4.78 is 6.42. The summed E-state index contributed by atoms with van der Waals surface area (Å²) in [6.45, 7) is 8.73. The van der Waals surface area contributed by atoms with Crippen molar-refractivity contribution in [2.75, 3.05) is 21.2 Å². The number of aryl methyl sites for hydroxylation is 2. The molecule has 0 aliphatic carbocycles. The van der Waals surface area contributed by atoms with E-state index in [1.165, 1.54) is 11.7 Å². The van der Waals surface area contributed by atoms with Gasteiger partial charge in [0.25, 0.3) is 5.56 Å².